The van der Waals surface area contributed by atoms with Crippen LogP contribution in [0.3, 0.4) is 0 Å². The van der Waals surface area contributed by atoms with E-state index in [9.17, 15) is 4.79 Å². The van der Waals surface area contributed by atoms with Crippen molar-refractivity contribution in [2.24, 2.45) is 7.05 Å². The Morgan fingerprint density at radius 3 is 2.96 bits per heavy atom. The van der Waals surface area contributed by atoms with Gasteiger partial charge in [0.1, 0.15) is 16.5 Å². The number of amides is 1. The Kier molecular flexibility index (Phi) is 5.12. The van der Waals surface area contributed by atoms with Crippen molar-refractivity contribution in [3.8, 4) is 10.6 Å². The number of H-pyrrole nitrogens is 1. The van der Waals surface area contributed by atoms with Crippen LogP contribution in [0.4, 0.5) is 0 Å². The zero-order valence-electron chi connectivity index (χ0n) is 14.7. The Morgan fingerprint density at radius 2 is 2.22 bits per heavy atom. The molecule has 1 fully saturated rings. The zero-order chi connectivity index (χ0) is 19.0. The molecule has 3 heterocycles. The molecule has 140 valence electrons. The van der Waals surface area contributed by atoms with Crippen LogP contribution in [0.5, 0.6) is 0 Å². The highest BCUT2D eigenvalue weighted by molar-refractivity contribution is 7.71. The topological polar surface area (TPSA) is 66.8 Å². The fraction of sp³-hybridized carbons (Fsp3) is 0.333. The van der Waals surface area contributed by atoms with Gasteiger partial charge in [-0.25, -0.2) is 4.98 Å². The Hall–Kier alpha value is -2.03. The fourth-order valence-corrected chi connectivity index (χ4v) is 4.64. The van der Waals surface area contributed by atoms with Gasteiger partial charge in [-0.05, 0) is 31.1 Å². The molecule has 4 rings (SSSR count). The minimum Gasteiger partial charge on any atom is -0.337 e. The molecule has 1 atom stereocenters. The molecular formula is C18H18ClN5OS2. The van der Waals surface area contributed by atoms with Crippen molar-refractivity contribution >= 4 is 41.1 Å². The SMILES string of the molecule is Cn1c(C2CCCN(C(=O)c3csc(-c4ccccc4Cl)n3)C2)n[nH]c1=S. The highest BCUT2D eigenvalue weighted by Gasteiger charge is 2.29. The van der Waals surface area contributed by atoms with E-state index in [1.807, 2.05) is 40.8 Å². The molecule has 1 unspecified atom stereocenters. The lowest BCUT2D eigenvalue weighted by Crippen LogP contribution is -2.39. The van der Waals surface area contributed by atoms with E-state index in [2.05, 4.69) is 15.2 Å². The quantitative estimate of drug-likeness (QED) is 0.643. The second-order valence-electron chi connectivity index (χ2n) is 6.55. The van der Waals surface area contributed by atoms with Gasteiger partial charge in [-0.15, -0.1) is 11.3 Å². The van der Waals surface area contributed by atoms with Crippen molar-refractivity contribution in [1.82, 2.24) is 24.6 Å². The zero-order valence-corrected chi connectivity index (χ0v) is 17.1. The average molecular weight is 420 g/mol. The van der Waals surface area contributed by atoms with Gasteiger partial charge in [0.05, 0.1) is 5.02 Å². The summed E-state index contributed by atoms with van der Waals surface area (Å²) in [6.07, 6.45) is 1.91. The predicted molar refractivity (Wildman–Crippen MR) is 109 cm³/mol. The number of carbonyl (C=O) groups excluding carboxylic acids is 1. The van der Waals surface area contributed by atoms with Gasteiger partial charge >= 0.3 is 0 Å². The number of hydrogen-bond donors (Lipinski definition) is 1. The van der Waals surface area contributed by atoms with Crippen LogP contribution < -0.4 is 0 Å². The molecule has 9 heteroatoms. The van der Waals surface area contributed by atoms with Gasteiger partial charge in [0.2, 0.25) is 0 Å². The van der Waals surface area contributed by atoms with E-state index in [1.54, 1.807) is 5.38 Å². The number of rotatable bonds is 3. The van der Waals surface area contributed by atoms with Gasteiger partial charge in [0.25, 0.3) is 5.91 Å². The molecule has 1 amide bonds. The van der Waals surface area contributed by atoms with Gasteiger partial charge in [-0.3, -0.25) is 9.89 Å². The van der Waals surface area contributed by atoms with E-state index in [0.29, 0.717) is 22.0 Å². The number of nitrogens with zero attached hydrogens (tertiary/aromatic N) is 4. The van der Waals surface area contributed by atoms with Gasteiger partial charge in [-0.1, -0.05) is 29.8 Å². The van der Waals surface area contributed by atoms with Crippen LogP contribution in [0.2, 0.25) is 5.02 Å². The van der Waals surface area contributed by atoms with Crippen LogP contribution in [0.1, 0.15) is 35.1 Å². The third kappa shape index (κ3) is 3.56. The summed E-state index contributed by atoms with van der Waals surface area (Å²) in [5.74, 6) is 1.01. The third-order valence-corrected chi connectivity index (χ3v) is 6.39. The maximum absolute atomic E-state index is 13.0. The van der Waals surface area contributed by atoms with Crippen molar-refractivity contribution < 1.29 is 4.79 Å². The number of halogens is 1. The molecule has 3 aromatic rings. The van der Waals surface area contributed by atoms with Crippen LogP contribution in [0.25, 0.3) is 10.6 Å². The van der Waals surface area contributed by atoms with Gasteiger partial charge in [-0.2, -0.15) is 5.10 Å². The first-order valence-corrected chi connectivity index (χ1v) is 10.3. The summed E-state index contributed by atoms with van der Waals surface area (Å²) in [6.45, 7) is 1.34. The van der Waals surface area contributed by atoms with Crippen molar-refractivity contribution in [2.75, 3.05) is 13.1 Å². The standard InChI is InChI=1S/C18H18ClN5OS2/c1-23-15(21-22-18(23)26)11-5-4-8-24(9-11)17(25)14-10-27-16(20-14)12-6-2-3-7-13(12)19/h2-3,6-7,10-11H,4-5,8-9H2,1H3,(H,22,26). The largest absolute Gasteiger partial charge is 0.337 e. The normalized spacial score (nSPS) is 17.3. The number of hydrogen-bond acceptors (Lipinski definition) is 5. The Labute approximate surface area is 170 Å². The molecule has 0 radical (unpaired) electrons. The molecule has 0 bridgehead atoms. The molecule has 0 aliphatic carbocycles. The molecule has 1 aliphatic rings. The molecule has 2 aromatic heterocycles. The van der Waals surface area contributed by atoms with E-state index in [1.165, 1.54) is 11.3 Å². The number of carbonyl (C=O) groups is 1. The predicted octanol–water partition coefficient (Wildman–Crippen LogP) is 4.27. The number of thiazole rings is 1. The molecule has 1 aromatic carbocycles. The van der Waals surface area contributed by atoms with Crippen LogP contribution in [-0.4, -0.2) is 43.6 Å². The van der Waals surface area contributed by atoms with E-state index < -0.39 is 0 Å². The second kappa shape index (κ2) is 7.53. The lowest BCUT2D eigenvalue weighted by atomic mass is 9.97. The van der Waals surface area contributed by atoms with E-state index >= 15 is 0 Å². The van der Waals surface area contributed by atoms with Crippen LogP contribution >= 0.6 is 35.2 Å². The highest BCUT2D eigenvalue weighted by atomic mass is 35.5. The monoisotopic (exact) mass is 419 g/mol. The molecular weight excluding hydrogens is 402 g/mol. The number of benzene rings is 1. The molecule has 27 heavy (non-hydrogen) atoms. The van der Waals surface area contributed by atoms with Crippen LogP contribution in [-0.2, 0) is 7.05 Å². The average Bonchev–Trinajstić information content (AvgIpc) is 3.29. The first-order chi connectivity index (χ1) is 13.0. The van der Waals surface area contributed by atoms with E-state index in [-0.39, 0.29) is 11.8 Å². The summed E-state index contributed by atoms with van der Waals surface area (Å²) in [5, 5.41) is 10.4. The minimum absolute atomic E-state index is 0.0500. The summed E-state index contributed by atoms with van der Waals surface area (Å²) in [6, 6.07) is 7.53. The number of likely N-dealkylation sites (tertiary alicyclic amines) is 1. The number of aromatic amines is 1. The number of piperidine rings is 1. The van der Waals surface area contributed by atoms with Gasteiger partial charge < -0.3 is 9.47 Å². The van der Waals surface area contributed by atoms with E-state index in [4.69, 9.17) is 23.8 Å². The molecule has 1 aliphatic heterocycles. The highest BCUT2D eigenvalue weighted by Crippen LogP contribution is 2.31. The minimum atomic E-state index is -0.0500. The lowest BCUT2D eigenvalue weighted by Gasteiger charge is -2.31. The summed E-state index contributed by atoms with van der Waals surface area (Å²) in [7, 11) is 1.90. The van der Waals surface area contributed by atoms with Crippen molar-refractivity contribution in [3.05, 3.63) is 51.0 Å². The summed E-state index contributed by atoms with van der Waals surface area (Å²) in [4.78, 5) is 19.4. The van der Waals surface area contributed by atoms with Crippen molar-refractivity contribution in [1.29, 1.82) is 0 Å². The second-order valence-corrected chi connectivity index (χ2v) is 8.21. The Bertz CT molecular complexity index is 1040. The third-order valence-electron chi connectivity index (χ3n) is 4.82. The van der Waals surface area contributed by atoms with Crippen molar-refractivity contribution in [2.45, 2.75) is 18.8 Å². The molecule has 6 nitrogen and oxygen atoms in total. The summed E-state index contributed by atoms with van der Waals surface area (Å²) in [5.41, 5.74) is 1.31. The maximum Gasteiger partial charge on any atom is 0.273 e. The number of nitrogens with one attached hydrogen (secondary N) is 1. The first-order valence-electron chi connectivity index (χ1n) is 8.65. The molecule has 0 saturated carbocycles. The molecule has 1 N–H and O–H groups in total. The maximum atomic E-state index is 13.0. The lowest BCUT2D eigenvalue weighted by molar-refractivity contribution is 0.0698. The fourth-order valence-electron chi connectivity index (χ4n) is 3.39. The van der Waals surface area contributed by atoms with Gasteiger partial charge in [0, 0.05) is 37.0 Å². The molecule has 0 spiro atoms. The summed E-state index contributed by atoms with van der Waals surface area (Å²) < 4.78 is 2.48. The Morgan fingerprint density at radius 1 is 1.41 bits per heavy atom. The first kappa shape index (κ1) is 18.3. The summed E-state index contributed by atoms with van der Waals surface area (Å²) >= 11 is 12.9. The van der Waals surface area contributed by atoms with Gasteiger partial charge in [0.15, 0.2) is 4.77 Å². The smallest absolute Gasteiger partial charge is 0.273 e. The van der Waals surface area contributed by atoms with Crippen molar-refractivity contribution in [3.63, 3.8) is 0 Å². The number of aromatic nitrogens is 4. The van der Waals surface area contributed by atoms with E-state index in [0.717, 1.165) is 35.8 Å². The van der Waals surface area contributed by atoms with Crippen LogP contribution in [0.15, 0.2) is 29.6 Å². The molecule has 1 saturated heterocycles. The van der Waals surface area contributed by atoms with Crippen LogP contribution in [0, 0.1) is 4.77 Å². The Balaban J connectivity index is 1.54.